The standard InChI is InChI=1S/C13H18N4O2S/c1-17(12-5-2-10(15)3-6-12)20(18,19)13-7-4-11(8-14)16-9-13/h4,7,9-10,12H,2-3,5-6,15H2,1H3. The molecule has 0 amide bonds. The van der Waals surface area contributed by atoms with E-state index in [2.05, 4.69) is 4.98 Å². The zero-order valence-electron chi connectivity index (χ0n) is 11.4. The van der Waals surface area contributed by atoms with E-state index in [4.69, 9.17) is 11.0 Å². The maximum absolute atomic E-state index is 12.5. The number of hydrogen-bond donors (Lipinski definition) is 1. The summed E-state index contributed by atoms with van der Waals surface area (Å²) in [7, 11) is -1.97. The van der Waals surface area contributed by atoms with Crippen molar-refractivity contribution in [2.45, 2.75) is 42.7 Å². The molecule has 1 aliphatic carbocycles. The van der Waals surface area contributed by atoms with Crippen LogP contribution in [0.2, 0.25) is 0 Å². The van der Waals surface area contributed by atoms with Crippen LogP contribution in [-0.2, 0) is 10.0 Å². The highest BCUT2D eigenvalue weighted by Crippen LogP contribution is 2.25. The van der Waals surface area contributed by atoms with Crippen LogP contribution >= 0.6 is 0 Å². The van der Waals surface area contributed by atoms with Crippen LogP contribution in [0.15, 0.2) is 23.2 Å². The van der Waals surface area contributed by atoms with Crippen molar-refractivity contribution in [2.24, 2.45) is 5.73 Å². The molecule has 0 bridgehead atoms. The SMILES string of the molecule is CN(C1CCC(N)CC1)S(=O)(=O)c1ccc(C#N)nc1. The molecule has 0 aromatic carbocycles. The molecule has 2 N–H and O–H groups in total. The topological polar surface area (TPSA) is 100 Å². The number of nitriles is 1. The summed E-state index contributed by atoms with van der Waals surface area (Å²) in [6.45, 7) is 0. The van der Waals surface area contributed by atoms with Gasteiger partial charge in [0.1, 0.15) is 16.7 Å². The van der Waals surface area contributed by atoms with E-state index in [1.807, 2.05) is 6.07 Å². The van der Waals surface area contributed by atoms with E-state index >= 15 is 0 Å². The highest BCUT2D eigenvalue weighted by Gasteiger charge is 2.30. The van der Waals surface area contributed by atoms with Crippen LogP contribution in [0.1, 0.15) is 31.4 Å². The Balaban J connectivity index is 2.18. The predicted molar refractivity (Wildman–Crippen MR) is 74.1 cm³/mol. The van der Waals surface area contributed by atoms with Crippen LogP contribution in [0.5, 0.6) is 0 Å². The number of rotatable bonds is 3. The van der Waals surface area contributed by atoms with Crippen molar-refractivity contribution in [2.75, 3.05) is 7.05 Å². The van der Waals surface area contributed by atoms with Gasteiger partial charge in [-0.3, -0.25) is 0 Å². The molecule has 0 aliphatic heterocycles. The minimum Gasteiger partial charge on any atom is -0.328 e. The second-order valence-corrected chi connectivity index (χ2v) is 7.08. The molecular weight excluding hydrogens is 276 g/mol. The third-order valence-electron chi connectivity index (χ3n) is 3.78. The lowest BCUT2D eigenvalue weighted by atomic mass is 9.92. The Bertz CT molecular complexity index is 598. The van der Waals surface area contributed by atoms with Crippen molar-refractivity contribution in [3.05, 3.63) is 24.0 Å². The number of sulfonamides is 1. The summed E-state index contributed by atoms with van der Waals surface area (Å²) < 4.78 is 26.4. The van der Waals surface area contributed by atoms with Crippen molar-refractivity contribution >= 4 is 10.0 Å². The maximum atomic E-state index is 12.5. The Hall–Kier alpha value is -1.49. The smallest absolute Gasteiger partial charge is 0.244 e. The van der Waals surface area contributed by atoms with Crippen molar-refractivity contribution in [3.63, 3.8) is 0 Å². The summed E-state index contributed by atoms with van der Waals surface area (Å²) in [5.41, 5.74) is 6.04. The predicted octanol–water partition coefficient (Wildman–Crippen LogP) is 0.844. The number of pyridine rings is 1. The van der Waals surface area contributed by atoms with Crippen molar-refractivity contribution < 1.29 is 8.42 Å². The van der Waals surface area contributed by atoms with E-state index in [0.29, 0.717) is 0 Å². The first kappa shape index (κ1) is 14.9. The zero-order valence-corrected chi connectivity index (χ0v) is 12.2. The lowest BCUT2D eigenvalue weighted by molar-refractivity contribution is 0.268. The Morgan fingerprint density at radius 2 is 2.00 bits per heavy atom. The molecule has 1 heterocycles. The highest BCUT2D eigenvalue weighted by atomic mass is 32.2. The molecule has 0 radical (unpaired) electrons. The van der Waals surface area contributed by atoms with Gasteiger partial charge in [-0.25, -0.2) is 13.4 Å². The number of nitrogens with zero attached hydrogens (tertiary/aromatic N) is 3. The van der Waals surface area contributed by atoms with Crippen LogP contribution in [-0.4, -0.2) is 36.8 Å². The van der Waals surface area contributed by atoms with Gasteiger partial charge < -0.3 is 5.73 Å². The Morgan fingerprint density at radius 1 is 1.35 bits per heavy atom. The van der Waals surface area contributed by atoms with Gasteiger partial charge in [-0.05, 0) is 37.8 Å². The summed E-state index contributed by atoms with van der Waals surface area (Å²) in [6, 6.07) is 4.87. The largest absolute Gasteiger partial charge is 0.328 e. The highest BCUT2D eigenvalue weighted by molar-refractivity contribution is 7.89. The molecule has 6 nitrogen and oxygen atoms in total. The Morgan fingerprint density at radius 3 is 2.50 bits per heavy atom. The maximum Gasteiger partial charge on any atom is 0.244 e. The summed E-state index contributed by atoms with van der Waals surface area (Å²) in [5.74, 6) is 0. The first-order valence-corrected chi connectivity index (χ1v) is 7.99. The normalized spacial score (nSPS) is 23.5. The minimum absolute atomic E-state index is 0.0181. The van der Waals surface area contributed by atoms with E-state index < -0.39 is 10.0 Å². The molecule has 7 heteroatoms. The number of hydrogen-bond acceptors (Lipinski definition) is 5. The molecular formula is C13H18N4O2S. The quantitative estimate of drug-likeness (QED) is 0.890. The van der Waals surface area contributed by atoms with Crippen LogP contribution in [0.25, 0.3) is 0 Å². The van der Waals surface area contributed by atoms with Gasteiger partial charge in [0, 0.05) is 25.3 Å². The Labute approximate surface area is 119 Å². The average molecular weight is 294 g/mol. The van der Waals surface area contributed by atoms with Gasteiger partial charge in [0.2, 0.25) is 10.0 Å². The van der Waals surface area contributed by atoms with Gasteiger partial charge in [-0.1, -0.05) is 0 Å². The van der Waals surface area contributed by atoms with Gasteiger partial charge >= 0.3 is 0 Å². The third-order valence-corrected chi connectivity index (χ3v) is 5.68. The van der Waals surface area contributed by atoms with Crippen LogP contribution in [0, 0.1) is 11.3 Å². The zero-order chi connectivity index (χ0) is 14.8. The molecule has 0 unspecified atom stereocenters. The van der Waals surface area contributed by atoms with E-state index in [0.717, 1.165) is 25.7 Å². The van der Waals surface area contributed by atoms with Crippen LogP contribution in [0.4, 0.5) is 0 Å². The lowest BCUT2D eigenvalue weighted by Gasteiger charge is -2.32. The fraction of sp³-hybridized carbons (Fsp3) is 0.538. The van der Waals surface area contributed by atoms with Gasteiger partial charge in [0.15, 0.2) is 0 Å². The number of nitrogens with two attached hydrogens (primary N) is 1. The molecule has 1 saturated carbocycles. The number of aromatic nitrogens is 1. The van der Waals surface area contributed by atoms with Crippen molar-refractivity contribution in [1.82, 2.24) is 9.29 Å². The molecule has 108 valence electrons. The van der Waals surface area contributed by atoms with E-state index in [9.17, 15) is 8.42 Å². The van der Waals surface area contributed by atoms with Gasteiger partial charge in [0.05, 0.1) is 0 Å². The monoisotopic (exact) mass is 294 g/mol. The fourth-order valence-corrected chi connectivity index (χ4v) is 3.79. The third kappa shape index (κ3) is 2.98. The second kappa shape index (κ2) is 5.87. The second-order valence-electron chi connectivity index (χ2n) is 5.08. The van der Waals surface area contributed by atoms with E-state index in [-0.39, 0.29) is 22.7 Å². The molecule has 0 saturated heterocycles. The average Bonchev–Trinajstić information content (AvgIpc) is 2.47. The molecule has 1 fully saturated rings. The summed E-state index contributed by atoms with van der Waals surface area (Å²) in [6.07, 6.45) is 4.48. The summed E-state index contributed by atoms with van der Waals surface area (Å²) in [5, 5.41) is 8.68. The molecule has 1 aromatic heterocycles. The van der Waals surface area contributed by atoms with Crippen LogP contribution < -0.4 is 5.73 Å². The molecule has 0 atom stereocenters. The van der Waals surface area contributed by atoms with Crippen molar-refractivity contribution in [1.29, 1.82) is 5.26 Å². The van der Waals surface area contributed by atoms with E-state index in [1.165, 1.54) is 22.6 Å². The molecule has 0 spiro atoms. The first-order chi connectivity index (χ1) is 9.45. The molecule has 1 aromatic rings. The van der Waals surface area contributed by atoms with Gasteiger partial charge in [0.25, 0.3) is 0 Å². The lowest BCUT2D eigenvalue weighted by Crippen LogP contribution is -2.41. The van der Waals surface area contributed by atoms with E-state index in [1.54, 1.807) is 7.05 Å². The van der Waals surface area contributed by atoms with Gasteiger partial charge in [-0.2, -0.15) is 9.57 Å². The summed E-state index contributed by atoms with van der Waals surface area (Å²) in [4.78, 5) is 3.94. The molecule has 20 heavy (non-hydrogen) atoms. The van der Waals surface area contributed by atoms with Gasteiger partial charge in [-0.15, -0.1) is 0 Å². The molecule has 1 aliphatic rings. The Kier molecular flexibility index (Phi) is 4.38. The minimum atomic E-state index is -3.56. The first-order valence-electron chi connectivity index (χ1n) is 6.55. The van der Waals surface area contributed by atoms with Crippen LogP contribution in [0.3, 0.4) is 0 Å². The molecule has 2 rings (SSSR count). The summed E-state index contributed by atoms with van der Waals surface area (Å²) >= 11 is 0. The van der Waals surface area contributed by atoms with Crippen molar-refractivity contribution in [3.8, 4) is 6.07 Å². The fourth-order valence-electron chi connectivity index (χ4n) is 2.43.